The van der Waals surface area contributed by atoms with Crippen LogP contribution in [0.15, 0.2) is 72.4 Å². The average molecular weight is 405 g/mol. The van der Waals surface area contributed by atoms with Crippen molar-refractivity contribution >= 4 is 5.96 Å². The Bertz CT molecular complexity index is 924. The summed E-state index contributed by atoms with van der Waals surface area (Å²) in [6, 6.07) is 14.4. The highest BCUT2D eigenvalue weighted by Gasteiger charge is 2.24. The number of rotatable bonds is 7. The highest BCUT2D eigenvalue weighted by atomic mass is 16.5. The Labute approximate surface area is 177 Å². The fourth-order valence-electron chi connectivity index (χ4n) is 3.66. The molecule has 1 aromatic carbocycles. The summed E-state index contributed by atoms with van der Waals surface area (Å²) in [5.74, 6) is 2.32. The standard InChI is InChI=1S/C23H28N6O/c1-24-23(27-14-20-7-8-22(26-13-20)29-12-10-25-18-29)28-11-9-21(15-28)17-30-16-19-5-3-2-4-6-19/h2-8,10,12-13,18,21H,9,11,14-17H2,1H3,(H,24,27). The summed E-state index contributed by atoms with van der Waals surface area (Å²) in [5.41, 5.74) is 2.33. The van der Waals surface area contributed by atoms with Gasteiger partial charge in [-0.05, 0) is 23.6 Å². The van der Waals surface area contributed by atoms with E-state index in [9.17, 15) is 0 Å². The zero-order valence-electron chi connectivity index (χ0n) is 17.3. The molecular formula is C23H28N6O. The number of aromatic nitrogens is 3. The number of guanidine groups is 1. The number of hydrogen-bond donors (Lipinski definition) is 1. The van der Waals surface area contributed by atoms with E-state index < -0.39 is 0 Å². The molecule has 1 fully saturated rings. The average Bonchev–Trinajstić information content (AvgIpc) is 3.48. The van der Waals surface area contributed by atoms with Crippen molar-refractivity contribution < 1.29 is 4.74 Å². The van der Waals surface area contributed by atoms with E-state index in [1.165, 1.54) is 5.56 Å². The molecule has 1 saturated heterocycles. The van der Waals surface area contributed by atoms with Crippen LogP contribution in [0.2, 0.25) is 0 Å². The quantitative estimate of drug-likeness (QED) is 0.484. The maximum Gasteiger partial charge on any atom is 0.193 e. The third-order valence-corrected chi connectivity index (χ3v) is 5.29. The molecule has 1 aliphatic heterocycles. The van der Waals surface area contributed by atoms with E-state index in [0.717, 1.165) is 43.5 Å². The number of likely N-dealkylation sites (tertiary alicyclic amines) is 1. The van der Waals surface area contributed by atoms with E-state index in [4.69, 9.17) is 4.74 Å². The molecule has 0 aliphatic carbocycles. The van der Waals surface area contributed by atoms with E-state index >= 15 is 0 Å². The van der Waals surface area contributed by atoms with Gasteiger partial charge in [0, 0.05) is 51.2 Å². The van der Waals surface area contributed by atoms with Crippen LogP contribution in [0.1, 0.15) is 17.5 Å². The van der Waals surface area contributed by atoms with Crippen molar-refractivity contribution in [2.24, 2.45) is 10.9 Å². The summed E-state index contributed by atoms with van der Waals surface area (Å²) < 4.78 is 7.82. The molecule has 1 aliphatic rings. The van der Waals surface area contributed by atoms with Gasteiger partial charge in [0.25, 0.3) is 0 Å². The van der Waals surface area contributed by atoms with E-state index in [0.29, 0.717) is 19.1 Å². The smallest absolute Gasteiger partial charge is 0.193 e. The summed E-state index contributed by atoms with van der Waals surface area (Å²) in [6.45, 7) is 4.10. The lowest BCUT2D eigenvalue weighted by Crippen LogP contribution is -2.39. The predicted molar refractivity (Wildman–Crippen MR) is 117 cm³/mol. The zero-order valence-corrected chi connectivity index (χ0v) is 17.3. The second-order valence-corrected chi connectivity index (χ2v) is 7.50. The van der Waals surface area contributed by atoms with Crippen molar-refractivity contribution in [1.29, 1.82) is 0 Å². The predicted octanol–water partition coefficient (Wildman–Crippen LogP) is 2.88. The summed E-state index contributed by atoms with van der Waals surface area (Å²) >= 11 is 0. The molecule has 1 N–H and O–H groups in total. The van der Waals surface area contributed by atoms with Crippen molar-refractivity contribution in [2.75, 3.05) is 26.7 Å². The third kappa shape index (κ3) is 5.24. The van der Waals surface area contributed by atoms with Gasteiger partial charge in [0.1, 0.15) is 12.1 Å². The van der Waals surface area contributed by atoms with Crippen molar-refractivity contribution in [1.82, 2.24) is 24.8 Å². The maximum absolute atomic E-state index is 5.93. The lowest BCUT2D eigenvalue weighted by molar-refractivity contribution is 0.0906. The fourth-order valence-corrected chi connectivity index (χ4v) is 3.66. The van der Waals surface area contributed by atoms with Gasteiger partial charge in [-0.2, -0.15) is 0 Å². The Morgan fingerprint density at radius 3 is 2.83 bits per heavy atom. The molecule has 156 valence electrons. The van der Waals surface area contributed by atoms with E-state index in [1.807, 2.05) is 48.3 Å². The zero-order chi connectivity index (χ0) is 20.6. The number of benzene rings is 1. The number of pyridine rings is 1. The minimum atomic E-state index is 0.531. The summed E-state index contributed by atoms with van der Waals surface area (Å²) in [5, 5.41) is 3.46. The van der Waals surface area contributed by atoms with Crippen LogP contribution in [0.3, 0.4) is 0 Å². The molecule has 3 heterocycles. The van der Waals surface area contributed by atoms with Gasteiger partial charge in [-0.1, -0.05) is 36.4 Å². The van der Waals surface area contributed by atoms with Crippen LogP contribution < -0.4 is 5.32 Å². The minimum absolute atomic E-state index is 0.531. The molecule has 0 radical (unpaired) electrons. The van der Waals surface area contributed by atoms with Crippen molar-refractivity contribution in [3.63, 3.8) is 0 Å². The van der Waals surface area contributed by atoms with Crippen LogP contribution in [-0.4, -0.2) is 52.1 Å². The van der Waals surface area contributed by atoms with Gasteiger partial charge < -0.3 is 15.0 Å². The van der Waals surface area contributed by atoms with Gasteiger partial charge in [-0.15, -0.1) is 0 Å². The fraction of sp³-hybridized carbons (Fsp3) is 0.348. The first-order valence-corrected chi connectivity index (χ1v) is 10.3. The van der Waals surface area contributed by atoms with Gasteiger partial charge in [-0.25, -0.2) is 9.97 Å². The Morgan fingerprint density at radius 2 is 2.10 bits per heavy atom. The molecule has 7 nitrogen and oxygen atoms in total. The first-order chi connectivity index (χ1) is 14.8. The van der Waals surface area contributed by atoms with Crippen LogP contribution in [0.4, 0.5) is 0 Å². The van der Waals surface area contributed by atoms with Gasteiger partial charge in [0.15, 0.2) is 5.96 Å². The molecule has 0 bridgehead atoms. The number of aliphatic imine (C=N–C) groups is 1. The monoisotopic (exact) mass is 404 g/mol. The Balaban J connectivity index is 1.22. The topological polar surface area (TPSA) is 67.6 Å². The number of hydrogen-bond acceptors (Lipinski definition) is 4. The molecule has 3 aromatic rings. The highest BCUT2D eigenvalue weighted by molar-refractivity contribution is 5.80. The number of nitrogens with one attached hydrogen (secondary N) is 1. The van der Waals surface area contributed by atoms with Crippen LogP contribution >= 0.6 is 0 Å². The first kappa shape index (κ1) is 20.1. The van der Waals surface area contributed by atoms with Crippen LogP contribution in [0, 0.1) is 5.92 Å². The highest BCUT2D eigenvalue weighted by Crippen LogP contribution is 2.17. The van der Waals surface area contributed by atoms with Crippen molar-refractivity contribution in [3.8, 4) is 5.82 Å². The molecule has 1 unspecified atom stereocenters. The molecule has 2 aromatic heterocycles. The Kier molecular flexibility index (Phi) is 6.72. The number of imidazole rings is 1. The molecule has 7 heteroatoms. The lowest BCUT2D eigenvalue weighted by Gasteiger charge is -2.21. The van der Waals surface area contributed by atoms with E-state index in [-0.39, 0.29) is 0 Å². The molecule has 4 rings (SSSR count). The lowest BCUT2D eigenvalue weighted by atomic mass is 10.1. The molecule has 30 heavy (non-hydrogen) atoms. The number of nitrogens with zero attached hydrogens (tertiary/aromatic N) is 5. The maximum atomic E-state index is 5.93. The minimum Gasteiger partial charge on any atom is -0.376 e. The largest absolute Gasteiger partial charge is 0.376 e. The molecule has 0 spiro atoms. The first-order valence-electron chi connectivity index (χ1n) is 10.3. The third-order valence-electron chi connectivity index (χ3n) is 5.29. The summed E-state index contributed by atoms with van der Waals surface area (Å²) in [6.07, 6.45) is 8.39. The van der Waals surface area contributed by atoms with Gasteiger partial charge in [-0.3, -0.25) is 9.56 Å². The second-order valence-electron chi connectivity index (χ2n) is 7.50. The molecule has 1 atom stereocenters. The molecular weight excluding hydrogens is 376 g/mol. The van der Waals surface area contributed by atoms with Crippen LogP contribution in [0.25, 0.3) is 5.82 Å². The number of ether oxygens (including phenoxy) is 1. The van der Waals surface area contributed by atoms with E-state index in [1.54, 1.807) is 12.5 Å². The van der Waals surface area contributed by atoms with Crippen LogP contribution in [0.5, 0.6) is 0 Å². The van der Waals surface area contributed by atoms with Crippen molar-refractivity contribution in [2.45, 2.75) is 19.6 Å². The Hall–Kier alpha value is -3.19. The van der Waals surface area contributed by atoms with E-state index in [2.05, 4.69) is 43.4 Å². The molecule has 0 amide bonds. The van der Waals surface area contributed by atoms with Gasteiger partial charge in [0.2, 0.25) is 0 Å². The van der Waals surface area contributed by atoms with Gasteiger partial charge in [0.05, 0.1) is 13.2 Å². The summed E-state index contributed by atoms with van der Waals surface area (Å²) in [7, 11) is 1.84. The normalized spacial score (nSPS) is 16.8. The molecule has 0 saturated carbocycles. The van der Waals surface area contributed by atoms with Gasteiger partial charge >= 0.3 is 0 Å². The summed E-state index contributed by atoms with van der Waals surface area (Å²) in [4.78, 5) is 15.3. The van der Waals surface area contributed by atoms with Crippen molar-refractivity contribution in [3.05, 3.63) is 78.5 Å². The van der Waals surface area contributed by atoms with Crippen LogP contribution in [-0.2, 0) is 17.9 Å². The second kappa shape index (κ2) is 10.0. The SMILES string of the molecule is CN=C(NCc1ccc(-n2ccnc2)nc1)N1CCC(COCc2ccccc2)C1. The Morgan fingerprint density at radius 1 is 1.20 bits per heavy atom.